The topological polar surface area (TPSA) is 44.9 Å². The van der Waals surface area contributed by atoms with Crippen molar-refractivity contribution in [3.8, 4) is 34.1 Å². The number of benzene rings is 4. The van der Waals surface area contributed by atoms with Crippen LogP contribution in [0.2, 0.25) is 0 Å². The van der Waals surface area contributed by atoms with Gasteiger partial charge in [-0.3, -0.25) is 4.68 Å². The predicted molar refractivity (Wildman–Crippen MR) is 201 cm³/mol. The fourth-order valence-electron chi connectivity index (χ4n) is 7.03. The van der Waals surface area contributed by atoms with Gasteiger partial charge in [0.05, 0.1) is 5.69 Å². The van der Waals surface area contributed by atoms with Crippen LogP contribution in [0, 0.1) is 32.9 Å². The molecule has 0 saturated carbocycles. The van der Waals surface area contributed by atoms with Crippen molar-refractivity contribution >= 4 is 21.8 Å². The molecule has 0 amide bonds. The molecule has 0 unspecified atom stereocenters. The number of pyridine rings is 1. The standard InChI is InChI=1S/C44H44N4O.Pt/c1-6-8-9-11-15-33-18-21-41-40(27-33)39-20-19-37(29-42(39)47(41)43-24-30(3)22-23-45-43)49-38-26-34(14-7-2)25-36(28-38)48-32(5)44(31(4)46-48)35-16-12-10-13-17-35;/h10,12-13,16-27H,6-9,11,14-15H2,1-5H3;/q-2;+2. The van der Waals surface area contributed by atoms with Crippen LogP contribution in [0.5, 0.6) is 11.5 Å². The van der Waals surface area contributed by atoms with Gasteiger partial charge in [0.25, 0.3) is 0 Å². The van der Waals surface area contributed by atoms with Crippen LogP contribution in [-0.4, -0.2) is 19.3 Å². The second kappa shape index (κ2) is 15.6. The molecule has 0 saturated heterocycles. The predicted octanol–water partition coefficient (Wildman–Crippen LogP) is 11.4. The fourth-order valence-corrected chi connectivity index (χ4v) is 7.03. The summed E-state index contributed by atoms with van der Waals surface area (Å²) in [5.41, 5.74) is 11.0. The van der Waals surface area contributed by atoms with Crippen LogP contribution in [0.4, 0.5) is 0 Å². The molecule has 0 spiro atoms. The molecule has 3 heterocycles. The van der Waals surface area contributed by atoms with Crippen molar-refractivity contribution in [1.29, 1.82) is 0 Å². The normalized spacial score (nSPS) is 11.3. The van der Waals surface area contributed by atoms with Crippen molar-refractivity contribution in [2.45, 2.75) is 79.6 Å². The number of hydrogen-bond acceptors (Lipinski definition) is 3. The maximum absolute atomic E-state index is 6.62. The minimum absolute atomic E-state index is 0. The Morgan fingerprint density at radius 3 is 2.34 bits per heavy atom. The number of aromatic nitrogens is 4. The quantitative estimate of drug-likeness (QED) is 0.0909. The van der Waals surface area contributed by atoms with Crippen molar-refractivity contribution in [3.05, 3.63) is 131 Å². The van der Waals surface area contributed by atoms with Gasteiger partial charge in [-0.25, -0.2) is 4.98 Å². The van der Waals surface area contributed by atoms with Gasteiger partial charge in [0.1, 0.15) is 5.82 Å². The minimum Gasteiger partial charge on any atom is -0.509 e. The average molecular weight is 840 g/mol. The molecular weight excluding hydrogens is 796 g/mol. The van der Waals surface area contributed by atoms with E-state index in [2.05, 4.69) is 118 Å². The molecule has 50 heavy (non-hydrogen) atoms. The third-order valence-corrected chi connectivity index (χ3v) is 9.39. The maximum Gasteiger partial charge on any atom is 2.00 e. The van der Waals surface area contributed by atoms with E-state index >= 15 is 0 Å². The zero-order valence-corrected chi connectivity index (χ0v) is 31.9. The monoisotopic (exact) mass is 839 g/mol. The number of rotatable bonds is 12. The molecule has 0 fully saturated rings. The number of hydrogen-bond donors (Lipinski definition) is 0. The largest absolute Gasteiger partial charge is 2.00 e. The summed E-state index contributed by atoms with van der Waals surface area (Å²) in [5.74, 6) is 2.16. The van der Waals surface area contributed by atoms with Crippen molar-refractivity contribution in [1.82, 2.24) is 19.3 Å². The third kappa shape index (κ3) is 7.21. The van der Waals surface area contributed by atoms with E-state index in [9.17, 15) is 0 Å². The summed E-state index contributed by atoms with van der Waals surface area (Å²) < 4.78 is 10.8. The molecule has 0 bridgehead atoms. The summed E-state index contributed by atoms with van der Waals surface area (Å²) in [4.78, 5) is 4.79. The molecule has 256 valence electrons. The first-order chi connectivity index (χ1) is 23.9. The summed E-state index contributed by atoms with van der Waals surface area (Å²) in [5, 5.41) is 7.32. The molecule has 3 aromatic heterocycles. The molecule has 4 aromatic carbocycles. The van der Waals surface area contributed by atoms with Crippen LogP contribution in [0.3, 0.4) is 0 Å². The first-order valence-corrected chi connectivity index (χ1v) is 17.7. The summed E-state index contributed by atoms with van der Waals surface area (Å²) in [6.45, 7) is 10.8. The van der Waals surface area contributed by atoms with E-state index in [1.165, 1.54) is 42.2 Å². The molecule has 5 nitrogen and oxygen atoms in total. The van der Waals surface area contributed by atoms with Gasteiger partial charge in [-0.15, -0.1) is 35.7 Å². The Hall–Kier alpha value is -4.47. The van der Waals surface area contributed by atoms with E-state index in [0.29, 0.717) is 11.5 Å². The molecule has 0 radical (unpaired) electrons. The molecule has 0 N–H and O–H groups in total. The smallest absolute Gasteiger partial charge is 0.509 e. The van der Waals surface area contributed by atoms with Gasteiger partial charge in [0, 0.05) is 34.5 Å². The molecular formula is C44H44N4OPt. The molecule has 0 atom stereocenters. The molecule has 0 aliphatic carbocycles. The SMILES string of the molecule is CCCCCCc1ccc2c(c1)c1ccc(Oc3[c-]c(-n4nc(C)c(-c5ccccc5)c4C)cc(CCC)c3)[c-]c1n2-c1cc(C)ccn1.[Pt+2]. The number of aryl methyl sites for hydroxylation is 4. The first-order valence-electron chi connectivity index (χ1n) is 17.7. The zero-order valence-electron chi connectivity index (χ0n) is 29.6. The Morgan fingerprint density at radius 1 is 0.720 bits per heavy atom. The van der Waals surface area contributed by atoms with E-state index in [1.807, 2.05) is 29.1 Å². The van der Waals surface area contributed by atoms with Gasteiger partial charge in [-0.05, 0) is 79.6 Å². The molecule has 0 aliphatic heterocycles. The van der Waals surface area contributed by atoms with Crippen molar-refractivity contribution < 1.29 is 25.8 Å². The molecule has 7 rings (SSSR count). The third-order valence-electron chi connectivity index (χ3n) is 9.39. The minimum atomic E-state index is 0. The number of fused-ring (bicyclic) bond motifs is 3. The van der Waals surface area contributed by atoms with Crippen LogP contribution >= 0.6 is 0 Å². The molecule has 6 heteroatoms. The van der Waals surface area contributed by atoms with Crippen LogP contribution in [0.25, 0.3) is 44.4 Å². The zero-order chi connectivity index (χ0) is 33.9. The van der Waals surface area contributed by atoms with E-state index in [1.54, 1.807) is 0 Å². The summed E-state index contributed by atoms with van der Waals surface area (Å²) in [7, 11) is 0. The van der Waals surface area contributed by atoms with E-state index in [4.69, 9.17) is 14.8 Å². The number of nitrogens with zero attached hydrogens (tertiary/aromatic N) is 4. The molecule has 0 aliphatic rings. The van der Waals surface area contributed by atoms with Gasteiger partial charge in [0.15, 0.2) is 0 Å². The van der Waals surface area contributed by atoms with E-state index in [0.717, 1.165) is 75.3 Å². The second-order valence-electron chi connectivity index (χ2n) is 13.2. The Kier molecular flexibility index (Phi) is 11.0. The van der Waals surface area contributed by atoms with Gasteiger partial charge in [-0.2, -0.15) is 16.7 Å². The van der Waals surface area contributed by atoms with Gasteiger partial charge in [0.2, 0.25) is 0 Å². The van der Waals surface area contributed by atoms with Crippen LogP contribution in [-0.2, 0) is 33.9 Å². The van der Waals surface area contributed by atoms with Crippen molar-refractivity contribution in [2.24, 2.45) is 0 Å². The van der Waals surface area contributed by atoms with Crippen molar-refractivity contribution in [3.63, 3.8) is 0 Å². The first kappa shape index (κ1) is 35.4. The van der Waals surface area contributed by atoms with Gasteiger partial charge >= 0.3 is 21.1 Å². The summed E-state index contributed by atoms with van der Waals surface area (Å²) >= 11 is 0. The van der Waals surface area contributed by atoms with Crippen LogP contribution < -0.4 is 4.74 Å². The van der Waals surface area contributed by atoms with E-state index < -0.39 is 0 Å². The Bertz CT molecular complexity index is 2250. The van der Waals surface area contributed by atoms with Crippen LogP contribution in [0.15, 0.2) is 91.1 Å². The van der Waals surface area contributed by atoms with Crippen LogP contribution in [0.1, 0.15) is 74.0 Å². The summed E-state index contributed by atoms with van der Waals surface area (Å²) in [6.07, 6.45) is 9.93. The Balaban J connectivity index is 0.00000432. The van der Waals surface area contributed by atoms with Crippen molar-refractivity contribution in [2.75, 3.05) is 0 Å². The average Bonchev–Trinajstić information content (AvgIpc) is 3.59. The second-order valence-corrected chi connectivity index (χ2v) is 13.2. The number of unbranched alkanes of at least 4 members (excludes halogenated alkanes) is 3. The molecule has 7 aromatic rings. The van der Waals surface area contributed by atoms with E-state index in [-0.39, 0.29) is 21.1 Å². The van der Waals surface area contributed by atoms with Gasteiger partial charge in [-0.1, -0.05) is 93.9 Å². The maximum atomic E-state index is 6.62. The number of ether oxygens (including phenoxy) is 1. The van der Waals surface area contributed by atoms with Gasteiger partial charge < -0.3 is 9.30 Å². The Morgan fingerprint density at radius 2 is 1.56 bits per heavy atom. The summed E-state index contributed by atoms with van der Waals surface area (Å²) in [6, 6.07) is 37.2. The fraction of sp³-hybridized carbons (Fsp3) is 0.273. The Labute approximate surface area is 310 Å².